The Kier molecular flexibility index (Phi) is 9.93. The molecule has 0 saturated carbocycles. The molecule has 18 heavy (non-hydrogen) atoms. The minimum absolute atomic E-state index is 1.14. The molecule has 2 radical (unpaired) electrons. The Morgan fingerprint density at radius 3 is 0.944 bits per heavy atom. The molecular weight excluding hydrogens is 609 g/mol. The summed E-state index contributed by atoms with van der Waals surface area (Å²) in [6.45, 7) is 0. The van der Waals surface area contributed by atoms with Crippen LogP contribution in [0.3, 0.4) is 0 Å². The third-order valence-corrected chi connectivity index (χ3v) is 14.7. The van der Waals surface area contributed by atoms with Gasteiger partial charge in [-0.25, -0.2) is 0 Å². The molecule has 0 unspecified atom stereocenters. The second-order valence-corrected chi connectivity index (χ2v) is 35.4. The zero-order valence-electron chi connectivity index (χ0n) is 9.29. The summed E-state index contributed by atoms with van der Waals surface area (Å²) < 4.78 is 2.83. The maximum absolute atomic E-state index is 3.57. The van der Waals surface area contributed by atoms with Gasteiger partial charge in [-0.05, 0) is 0 Å². The van der Waals surface area contributed by atoms with E-state index in [9.17, 15) is 0 Å². The van der Waals surface area contributed by atoms with E-state index in [4.69, 9.17) is 0 Å². The third kappa shape index (κ3) is 7.29. The monoisotopic (exact) mass is 618 g/mol. The normalized spacial score (nSPS) is 10.1. The van der Waals surface area contributed by atoms with Crippen molar-refractivity contribution in [1.29, 1.82) is 0 Å². The van der Waals surface area contributed by atoms with Gasteiger partial charge in [-0.15, -0.1) is 0 Å². The molecule has 0 spiro atoms. The Labute approximate surface area is 145 Å². The van der Waals surface area contributed by atoms with Crippen LogP contribution in [-0.4, -0.2) is 21.3 Å². The van der Waals surface area contributed by atoms with Gasteiger partial charge in [0, 0.05) is 0 Å². The van der Waals surface area contributed by atoms with Crippen LogP contribution in [0.15, 0.2) is 60.7 Å². The Bertz CT molecular complexity index is 391. The molecule has 0 aromatic heterocycles. The summed E-state index contributed by atoms with van der Waals surface area (Å²) in [5.74, 6) is 0. The molecule has 0 saturated heterocycles. The molecule has 2 aromatic carbocycles. The molecule has 2 rings (SSSR count). The second-order valence-electron chi connectivity index (χ2n) is 3.25. The molecular formula is C12H10Br4Ge2. The molecule has 0 atom stereocenters. The van der Waals surface area contributed by atoms with Gasteiger partial charge in [0.05, 0.1) is 0 Å². The van der Waals surface area contributed by atoms with Crippen LogP contribution in [0.1, 0.15) is 0 Å². The van der Waals surface area contributed by atoms with Gasteiger partial charge in [-0.3, -0.25) is 0 Å². The van der Waals surface area contributed by atoms with E-state index < -0.39 is 21.3 Å². The summed E-state index contributed by atoms with van der Waals surface area (Å²) in [6.07, 6.45) is 0. The molecule has 0 N–H and O–H groups in total. The van der Waals surface area contributed by atoms with Crippen molar-refractivity contribution in [2.24, 2.45) is 0 Å². The molecule has 0 amide bonds. The number of hydrogen-bond acceptors (Lipinski definition) is 0. The average Bonchev–Trinajstić information content (AvgIpc) is 2.41. The van der Waals surface area contributed by atoms with Crippen molar-refractivity contribution in [2.45, 2.75) is 0 Å². The standard InChI is InChI=1S/2C6H5Br2Ge/c2*7-9(8)6-4-2-1-3-5-6/h2*1-5H. The van der Waals surface area contributed by atoms with Crippen molar-refractivity contribution in [3.05, 3.63) is 60.7 Å². The van der Waals surface area contributed by atoms with Crippen LogP contribution in [0.4, 0.5) is 0 Å². The first-order chi connectivity index (χ1) is 8.61. The molecule has 0 aliphatic carbocycles. The number of halogens is 4. The summed E-state index contributed by atoms with van der Waals surface area (Å²) in [5, 5.41) is 0. The van der Waals surface area contributed by atoms with E-state index >= 15 is 0 Å². The van der Waals surface area contributed by atoms with Crippen LogP contribution in [0.2, 0.25) is 0 Å². The van der Waals surface area contributed by atoms with Crippen molar-refractivity contribution in [2.75, 3.05) is 0 Å². The van der Waals surface area contributed by atoms with Crippen molar-refractivity contribution < 1.29 is 0 Å². The summed E-state index contributed by atoms with van der Waals surface area (Å²) >= 11 is 14.3. The maximum atomic E-state index is 3.57. The fraction of sp³-hybridized carbons (Fsp3) is 0. The molecule has 0 bridgehead atoms. The number of hydrogen-bond donors (Lipinski definition) is 0. The zero-order chi connectivity index (χ0) is 13.4. The first kappa shape index (κ1) is 17.5. The first-order valence-electron chi connectivity index (χ1n) is 5.08. The second kappa shape index (κ2) is 10.2. The molecule has 6 heteroatoms. The molecule has 0 fully saturated rings. The molecule has 0 aliphatic heterocycles. The van der Waals surface area contributed by atoms with Gasteiger partial charge < -0.3 is 0 Å². The minimum atomic E-state index is -1.14. The summed E-state index contributed by atoms with van der Waals surface area (Å²) in [4.78, 5) is 0. The Balaban J connectivity index is 0.000000180. The van der Waals surface area contributed by atoms with Crippen molar-refractivity contribution >= 4 is 86.1 Å². The Hall–Kier alpha value is 1.45. The van der Waals surface area contributed by atoms with Crippen molar-refractivity contribution in [1.82, 2.24) is 0 Å². The molecule has 0 heterocycles. The fourth-order valence-electron chi connectivity index (χ4n) is 1.13. The van der Waals surface area contributed by atoms with E-state index in [1.54, 1.807) is 0 Å². The van der Waals surface area contributed by atoms with E-state index in [0.29, 0.717) is 0 Å². The van der Waals surface area contributed by atoms with Gasteiger partial charge >= 0.3 is 147 Å². The predicted octanol–water partition coefficient (Wildman–Crippen LogP) is 4.34. The van der Waals surface area contributed by atoms with Gasteiger partial charge in [0.2, 0.25) is 0 Å². The summed E-state index contributed by atoms with van der Waals surface area (Å²) in [7, 11) is -2.28. The van der Waals surface area contributed by atoms with Crippen molar-refractivity contribution in [3.63, 3.8) is 0 Å². The van der Waals surface area contributed by atoms with Crippen LogP contribution in [-0.2, 0) is 0 Å². The van der Waals surface area contributed by atoms with Gasteiger partial charge in [0.1, 0.15) is 0 Å². The molecule has 0 nitrogen and oxygen atoms in total. The van der Waals surface area contributed by atoms with Gasteiger partial charge in [0.15, 0.2) is 0 Å². The molecule has 94 valence electrons. The topological polar surface area (TPSA) is 0 Å². The summed E-state index contributed by atoms with van der Waals surface area (Å²) in [6, 6.07) is 20.9. The zero-order valence-corrected chi connectivity index (χ0v) is 19.8. The summed E-state index contributed by atoms with van der Waals surface area (Å²) in [5.41, 5.74) is 0. The molecule has 2 aromatic rings. The van der Waals surface area contributed by atoms with E-state index in [0.717, 1.165) is 0 Å². The Morgan fingerprint density at radius 1 is 0.500 bits per heavy atom. The SMILES string of the molecule is [Br][Ge]([Br])[c]1ccccc1.[Br][Ge]([Br])[c]1ccccc1. The Morgan fingerprint density at radius 2 is 0.778 bits per heavy atom. The first-order valence-corrected chi connectivity index (χ1v) is 26.8. The third-order valence-electron chi connectivity index (χ3n) is 1.98. The van der Waals surface area contributed by atoms with E-state index in [1.165, 1.54) is 8.79 Å². The quantitative estimate of drug-likeness (QED) is 0.440. The number of benzene rings is 2. The average molecular weight is 619 g/mol. The van der Waals surface area contributed by atoms with Gasteiger partial charge in [-0.2, -0.15) is 0 Å². The molecule has 0 aliphatic rings. The van der Waals surface area contributed by atoms with Crippen LogP contribution in [0.5, 0.6) is 0 Å². The predicted molar refractivity (Wildman–Crippen MR) is 99.4 cm³/mol. The fourth-order valence-corrected chi connectivity index (χ4v) is 8.49. The van der Waals surface area contributed by atoms with Gasteiger partial charge in [-0.1, -0.05) is 0 Å². The van der Waals surface area contributed by atoms with Crippen LogP contribution in [0, 0.1) is 0 Å². The number of rotatable bonds is 2. The van der Waals surface area contributed by atoms with Crippen LogP contribution >= 0.6 is 56.0 Å². The van der Waals surface area contributed by atoms with Crippen molar-refractivity contribution in [3.8, 4) is 0 Å². The van der Waals surface area contributed by atoms with Crippen LogP contribution in [0.25, 0.3) is 0 Å². The van der Waals surface area contributed by atoms with E-state index in [-0.39, 0.29) is 0 Å². The van der Waals surface area contributed by atoms with Gasteiger partial charge in [0.25, 0.3) is 0 Å². The van der Waals surface area contributed by atoms with E-state index in [1.807, 2.05) is 12.1 Å². The van der Waals surface area contributed by atoms with E-state index in [2.05, 4.69) is 105 Å². The van der Waals surface area contributed by atoms with Crippen LogP contribution < -0.4 is 8.79 Å².